The SMILES string of the molecule is CC1CC(C(N)Cc2ccc(F)cc2Cl)CO1. The van der Waals surface area contributed by atoms with Gasteiger partial charge in [-0.15, -0.1) is 0 Å². The van der Waals surface area contributed by atoms with Gasteiger partial charge >= 0.3 is 0 Å². The van der Waals surface area contributed by atoms with Gasteiger partial charge < -0.3 is 10.5 Å². The Kier molecular flexibility index (Phi) is 4.02. The molecule has 1 saturated heterocycles. The maximum absolute atomic E-state index is 12.9. The number of nitrogens with two attached hydrogens (primary N) is 1. The second-order valence-corrected chi connectivity index (χ2v) is 5.15. The van der Waals surface area contributed by atoms with E-state index in [2.05, 4.69) is 6.92 Å². The van der Waals surface area contributed by atoms with Crippen molar-refractivity contribution in [2.24, 2.45) is 11.7 Å². The third kappa shape index (κ3) is 3.18. The predicted molar refractivity (Wildman–Crippen MR) is 66.6 cm³/mol. The first kappa shape index (κ1) is 12.8. The minimum atomic E-state index is -0.315. The highest BCUT2D eigenvalue weighted by atomic mass is 35.5. The molecule has 0 aromatic heterocycles. The average molecular weight is 258 g/mol. The topological polar surface area (TPSA) is 35.2 Å². The van der Waals surface area contributed by atoms with E-state index in [9.17, 15) is 4.39 Å². The first-order valence-corrected chi connectivity index (χ1v) is 6.25. The van der Waals surface area contributed by atoms with Gasteiger partial charge in [0.1, 0.15) is 5.82 Å². The number of rotatable bonds is 3. The number of hydrogen-bond donors (Lipinski definition) is 1. The monoisotopic (exact) mass is 257 g/mol. The van der Waals surface area contributed by atoms with Crippen LogP contribution in [0.15, 0.2) is 18.2 Å². The van der Waals surface area contributed by atoms with Gasteiger partial charge in [0.2, 0.25) is 0 Å². The molecular weight excluding hydrogens is 241 g/mol. The summed E-state index contributed by atoms with van der Waals surface area (Å²) >= 11 is 5.98. The molecule has 1 aromatic carbocycles. The molecule has 3 unspecified atom stereocenters. The quantitative estimate of drug-likeness (QED) is 0.904. The molecule has 1 aliphatic rings. The normalized spacial score (nSPS) is 26.1. The minimum absolute atomic E-state index is 0.0166. The van der Waals surface area contributed by atoms with Gasteiger partial charge in [0.15, 0.2) is 0 Å². The molecular formula is C13H17ClFNO. The molecule has 3 atom stereocenters. The number of ether oxygens (including phenoxy) is 1. The fraction of sp³-hybridized carbons (Fsp3) is 0.538. The molecule has 17 heavy (non-hydrogen) atoms. The molecule has 1 heterocycles. The van der Waals surface area contributed by atoms with Gasteiger partial charge in [-0.25, -0.2) is 4.39 Å². The Hall–Kier alpha value is -0.640. The lowest BCUT2D eigenvalue weighted by molar-refractivity contribution is 0.118. The summed E-state index contributed by atoms with van der Waals surface area (Å²) in [6.07, 6.45) is 1.94. The number of halogens is 2. The van der Waals surface area contributed by atoms with E-state index in [1.54, 1.807) is 6.07 Å². The highest BCUT2D eigenvalue weighted by molar-refractivity contribution is 6.31. The molecule has 0 aliphatic carbocycles. The molecule has 1 aromatic rings. The zero-order valence-corrected chi connectivity index (χ0v) is 10.6. The summed E-state index contributed by atoms with van der Waals surface area (Å²) in [5, 5.41) is 0.451. The van der Waals surface area contributed by atoms with Crippen LogP contribution in [0.3, 0.4) is 0 Å². The van der Waals surface area contributed by atoms with Crippen LogP contribution in [0.5, 0.6) is 0 Å². The first-order valence-electron chi connectivity index (χ1n) is 5.87. The van der Waals surface area contributed by atoms with Crippen LogP contribution in [0.1, 0.15) is 18.9 Å². The summed E-state index contributed by atoms with van der Waals surface area (Å²) in [4.78, 5) is 0. The van der Waals surface area contributed by atoms with Crippen LogP contribution in [-0.2, 0) is 11.2 Å². The molecule has 1 aliphatic heterocycles. The fourth-order valence-corrected chi connectivity index (χ4v) is 2.50. The highest BCUT2D eigenvalue weighted by Crippen LogP contribution is 2.25. The second-order valence-electron chi connectivity index (χ2n) is 4.74. The lowest BCUT2D eigenvalue weighted by Crippen LogP contribution is -2.32. The molecule has 94 valence electrons. The molecule has 2 N–H and O–H groups in total. The zero-order chi connectivity index (χ0) is 12.4. The smallest absolute Gasteiger partial charge is 0.124 e. The average Bonchev–Trinajstić information content (AvgIpc) is 2.69. The van der Waals surface area contributed by atoms with Crippen LogP contribution in [0.4, 0.5) is 4.39 Å². The Bertz CT molecular complexity index is 399. The summed E-state index contributed by atoms with van der Waals surface area (Å²) < 4.78 is 18.4. The van der Waals surface area contributed by atoms with E-state index in [0.29, 0.717) is 24.0 Å². The van der Waals surface area contributed by atoms with Crippen LogP contribution < -0.4 is 5.73 Å². The summed E-state index contributed by atoms with van der Waals surface area (Å²) in [6, 6.07) is 4.47. The Morgan fingerprint density at radius 2 is 2.35 bits per heavy atom. The van der Waals surface area contributed by atoms with Crippen molar-refractivity contribution < 1.29 is 9.13 Å². The van der Waals surface area contributed by atoms with E-state index in [1.165, 1.54) is 12.1 Å². The molecule has 0 spiro atoms. The van der Waals surface area contributed by atoms with Gasteiger partial charge in [0.05, 0.1) is 12.7 Å². The van der Waals surface area contributed by atoms with Crippen molar-refractivity contribution in [1.29, 1.82) is 0 Å². The summed E-state index contributed by atoms with van der Waals surface area (Å²) in [7, 11) is 0. The Balaban J connectivity index is 2.00. The standard InChI is InChI=1S/C13H17ClFNO/c1-8-4-10(7-17-8)13(16)5-9-2-3-11(15)6-12(9)14/h2-3,6,8,10,13H,4-5,7,16H2,1H3. The molecule has 0 saturated carbocycles. The largest absolute Gasteiger partial charge is 0.378 e. The third-order valence-electron chi connectivity index (χ3n) is 3.31. The summed E-state index contributed by atoms with van der Waals surface area (Å²) in [5.41, 5.74) is 7.05. The Morgan fingerprint density at radius 1 is 1.59 bits per heavy atom. The van der Waals surface area contributed by atoms with Crippen LogP contribution in [0.25, 0.3) is 0 Å². The van der Waals surface area contributed by atoms with Gasteiger partial charge in [-0.05, 0) is 37.5 Å². The van der Waals surface area contributed by atoms with Crippen molar-refractivity contribution in [1.82, 2.24) is 0 Å². The van der Waals surface area contributed by atoms with Crippen LogP contribution in [0.2, 0.25) is 5.02 Å². The van der Waals surface area contributed by atoms with Gasteiger partial charge in [0.25, 0.3) is 0 Å². The molecule has 0 bridgehead atoms. The van der Waals surface area contributed by atoms with Crippen LogP contribution in [-0.4, -0.2) is 18.8 Å². The molecule has 4 heteroatoms. The van der Waals surface area contributed by atoms with Crippen molar-refractivity contribution >= 4 is 11.6 Å². The van der Waals surface area contributed by atoms with Crippen molar-refractivity contribution in [3.63, 3.8) is 0 Å². The molecule has 2 nitrogen and oxygen atoms in total. The van der Waals surface area contributed by atoms with Crippen molar-refractivity contribution in [3.8, 4) is 0 Å². The summed E-state index contributed by atoms with van der Waals surface area (Å²) in [5.74, 6) is 0.0521. The first-order chi connectivity index (χ1) is 8.06. The fourth-order valence-electron chi connectivity index (χ4n) is 2.26. The Morgan fingerprint density at radius 3 is 2.94 bits per heavy atom. The maximum atomic E-state index is 12.9. The lowest BCUT2D eigenvalue weighted by atomic mass is 9.92. The van der Waals surface area contributed by atoms with Gasteiger partial charge in [-0.3, -0.25) is 0 Å². The third-order valence-corrected chi connectivity index (χ3v) is 3.66. The van der Waals surface area contributed by atoms with Crippen LogP contribution >= 0.6 is 11.6 Å². The van der Waals surface area contributed by atoms with E-state index in [1.807, 2.05) is 0 Å². The predicted octanol–water partition coefficient (Wildman–Crippen LogP) is 2.77. The number of benzene rings is 1. The lowest BCUT2D eigenvalue weighted by Gasteiger charge is -2.18. The van der Waals surface area contributed by atoms with Gasteiger partial charge in [0, 0.05) is 17.0 Å². The van der Waals surface area contributed by atoms with E-state index < -0.39 is 0 Å². The second kappa shape index (κ2) is 5.34. The zero-order valence-electron chi connectivity index (χ0n) is 9.83. The van der Waals surface area contributed by atoms with Crippen molar-refractivity contribution in [2.45, 2.75) is 31.9 Å². The van der Waals surface area contributed by atoms with Gasteiger partial charge in [-0.2, -0.15) is 0 Å². The van der Waals surface area contributed by atoms with Crippen molar-refractivity contribution in [2.75, 3.05) is 6.61 Å². The van der Waals surface area contributed by atoms with E-state index in [0.717, 1.165) is 12.0 Å². The van der Waals surface area contributed by atoms with Crippen molar-refractivity contribution in [3.05, 3.63) is 34.6 Å². The Labute approximate surface area is 106 Å². The highest BCUT2D eigenvalue weighted by Gasteiger charge is 2.27. The maximum Gasteiger partial charge on any atom is 0.124 e. The van der Waals surface area contributed by atoms with E-state index >= 15 is 0 Å². The van der Waals surface area contributed by atoms with E-state index in [4.69, 9.17) is 22.1 Å². The van der Waals surface area contributed by atoms with Crippen LogP contribution in [0, 0.1) is 11.7 Å². The number of hydrogen-bond acceptors (Lipinski definition) is 2. The van der Waals surface area contributed by atoms with E-state index in [-0.39, 0.29) is 18.0 Å². The molecule has 1 fully saturated rings. The molecule has 0 amide bonds. The minimum Gasteiger partial charge on any atom is -0.378 e. The molecule has 2 rings (SSSR count). The van der Waals surface area contributed by atoms with Gasteiger partial charge in [-0.1, -0.05) is 17.7 Å². The molecule has 0 radical (unpaired) electrons. The summed E-state index contributed by atoms with van der Waals surface area (Å²) in [6.45, 7) is 2.76.